The molecular weight excluding hydrogens is 304 g/mol. The first kappa shape index (κ1) is 22.4. The fraction of sp³-hybridized carbons (Fsp3) is 0.550. The molecule has 0 rings (SSSR count). The first-order chi connectivity index (χ1) is 11.7. The molecule has 0 bridgehead atoms. The van der Waals surface area contributed by atoms with Crippen LogP contribution >= 0.6 is 0 Å². The number of aliphatic carboxylic acids is 1. The Hall–Kier alpha value is -1.65. The Balaban J connectivity index is 3.79. The second-order valence-electron chi connectivity index (χ2n) is 5.65. The van der Waals surface area contributed by atoms with Crippen molar-refractivity contribution in [2.45, 2.75) is 70.8 Å². The van der Waals surface area contributed by atoms with E-state index in [-0.39, 0.29) is 12.5 Å². The number of rotatable bonds is 15. The van der Waals surface area contributed by atoms with Gasteiger partial charge in [-0.2, -0.15) is 0 Å². The molecule has 0 aromatic carbocycles. The van der Waals surface area contributed by atoms with Crippen LogP contribution in [0.2, 0.25) is 0 Å². The van der Waals surface area contributed by atoms with Crippen LogP contribution in [0.5, 0.6) is 0 Å². The van der Waals surface area contributed by atoms with Crippen LogP contribution in [0.25, 0.3) is 0 Å². The van der Waals surface area contributed by atoms with Crippen LogP contribution in [-0.2, 0) is 9.68 Å². The molecule has 0 radical (unpaired) electrons. The number of unbranched alkanes of at least 4 members (excludes halogenated alkanes) is 4. The molecule has 1 atom stereocenters. The average Bonchev–Trinajstić information content (AvgIpc) is 2.57. The van der Waals surface area contributed by atoms with Crippen molar-refractivity contribution in [2.24, 2.45) is 0 Å². The summed E-state index contributed by atoms with van der Waals surface area (Å²) in [5.74, 6) is -0.748. The standard InChI is InChI=1S/C20H32O4/c1-2-3-4-5-7-10-13-16-19(24-23)17-14-11-8-6-9-12-15-18-20(21)22/h6-7,9-11,13-14,16,19,23H,2-5,8,12,15,17-18H2,1H3,(H,21,22)/b9-6?,10-7?,14-11?,16-13+/t19-/m0/s1. The molecule has 24 heavy (non-hydrogen) atoms. The van der Waals surface area contributed by atoms with E-state index < -0.39 is 5.97 Å². The normalized spacial score (nSPS) is 13.8. The second-order valence-corrected chi connectivity index (χ2v) is 5.65. The predicted molar refractivity (Wildman–Crippen MR) is 98.9 cm³/mol. The van der Waals surface area contributed by atoms with E-state index in [1.54, 1.807) is 0 Å². The molecule has 0 heterocycles. The number of carboxylic acids is 1. The zero-order valence-electron chi connectivity index (χ0n) is 14.8. The summed E-state index contributed by atoms with van der Waals surface area (Å²) in [6.07, 6.45) is 23.4. The maximum atomic E-state index is 10.3. The molecule has 4 heteroatoms. The highest BCUT2D eigenvalue weighted by Crippen LogP contribution is 2.04. The van der Waals surface area contributed by atoms with Crippen LogP contribution in [0, 0.1) is 0 Å². The summed E-state index contributed by atoms with van der Waals surface area (Å²) in [6, 6.07) is 0. The molecular formula is C20H32O4. The van der Waals surface area contributed by atoms with E-state index >= 15 is 0 Å². The van der Waals surface area contributed by atoms with Crippen molar-refractivity contribution in [3.8, 4) is 0 Å². The number of allylic oxidation sites excluding steroid dienone is 6. The molecule has 136 valence electrons. The summed E-state index contributed by atoms with van der Waals surface area (Å²) in [5, 5.41) is 17.4. The molecule has 0 spiro atoms. The van der Waals surface area contributed by atoms with Crippen LogP contribution in [0.15, 0.2) is 48.6 Å². The van der Waals surface area contributed by atoms with Crippen molar-refractivity contribution in [2.75, 3.05) is 0 Å². The predicted octanol–water partition coefficient (Wildman–Crippen LogP) is 5.68. The summed E-state index contributed by atoms with van der Waals surface area (Å²) in [6.45, 7) is 2.19. The van der Waals surface area contributed by atoms with Gasteiger partial charge in [0, 0.05) is 6.42 Å². The van der Waals surface area contributed by atoms with Crippen LogP contribution < -0.4 is 0 Å². The molecule has 4 nitrogen and oxygen atoms in total. The van der Waals surface area contributed by atoms with Crippen molar-refractivity contribution in [1.82, 2.24) is 0 Å². The topological polar surface area (TPSA) is 66.8 Å². The Morgan fingerprint density at radius 2 is 1.75 bits per heavy atom. The van der Waals surface area contributed by atoms with E-state index in [0.29, 0.717) is 12.8 Å². The lowest BCUT2D eigenvalue weighted by Crippen LogP contribution is -2.04. The van der Waals surface area contributed by atoms with Gasteiger partial charge in [-0.05, 0) is 38.5 Å². The first-order valence-electron chi connectivity index (χ1n) is 8.86. The Kier molecular flexibility index (Phi) is 16.5. The molecule has 0 amide bonds. The highest BCUT2D eigenvalue weighted by molar-refractivity contribution is 5.66. The van der Waals surface area contributed by atoms with Gasteiger partial charge in [0.05, 0.1) is 0 Å². The van der Waals surface area contributed by atoms with E-state index in [9.17, 15) is 4.79 Å². The van der Waals surface area contributed by atoms with Gasteiger partial charge in [-0.15, -0.1) is 0 Å². The second kappa shape index (κ2) is 17.7. The molecule has 0 aliphatic heterocycles. The third kappa shape index (κ3) is 16.7. The fourth-order valence-corrected chi connectivity index (χ4v) is 2.02. The minimum atomic E-state index is -0.748. The highest BCUT2D eigenvalue weighted by Gasteiger charge is 1.99. The van der Waals surface area contributed by atoms with E-state index in [0.717, 1.165) is 19.3 Å². The smallest absolute Gasteiger partial charge is 0.303 e. The molecule has 0 saturated heterocycles. The molecule has 2 N–H and O–H groups in total. The quantitative estimate of drug-likeness (QED) is 0.133. The van der Waals surface area contributed by atoms with Crippen LogP contribution in [0.4, 0.5) is 0 Å². The van der Waals surface area contributed by atoms with E-state index in [2.05, 4.69) is 17.9 Å². The zero-order valence-corrected chi connectivity index (χ0v) is 14.8. The van der Waals surface area contributed by atoms with E-state index in [1.807, 2.05) is 42.5 Å². The number of hydrogen-bond acceptors (Lipinski definition) is 3. The number of carbonyl (C=O) groups is 1. The summed E-state index contributed by atoms with van der Waals surface area (Å²) < 4.78 is 0. The van der Waals surface area contributed by atoms with Gasteiger partial charge in [0.25, 0.3) is 0 Å². The van der Waals surface area contributed by atoms with Crippen LogP contribution in [-0.4, -0.2) is 22.4 Å². The zero-order chi connectivity index (χ0) is 17.9. The maximum Gasteiger partial charge on any atom is 0.303 e. The van der Waals surface area contributed by atoms with Gasteiger partial charge >= 0.3 is 5.97 Å². The highest BCUT2D eigenvalue weighted by atomic mass is 17.1. The summed E-state index contributed by atoms with van der Waals surface area (Å²) in [5.41, 5.74) is 0. The van der Waals surface area contributed by atoms with Crippen molar-refractivity contribution >= 4 is 5.97 Å². The van der Waals surface area contributed by atoms with Gasteiger partial charge in [-0.25, -0.2) is 4.89 Å². The Bertz CT molecular complexity index is 408. The van der Waals surface area contributed by atoms with Gasteiger partial charge in [-0.3, -0.25) is 10.1 Å². The Labute approximate surface area is 146 Å². The van der Waals surface area contributed by atoms with Gasteiger partial charge < -0.3 is 5.11 Å². The van der Waals surface area contributed by atoms with Crippen LogP contribution in [0.3, 0.4) is 0 Å². The number of hydrogen-bond donors (Lipinski definition) is 2. The molecule has 0 saturated carbocycles. The van der Waals surface area contributed by atoms with Gasteiger partial charge in [0.1, 0.15) is 6.10 Å². The Morgan fingerprint density at radius 1 is 1.00 bits per heavy atom. The lowest BCUT2D eigenvalue weighted by molar-refractivity contribution is -0.264. The largest absolute Gasteiger partial charge is 0.481 e. The first-order valence-corrected chi connectivity index (χ1v) is 8.86. The SMILES string of the molecule is CCCCCC=C/C=C/[C@@H](CC=CCC=CCCCC(=O)O)OO. The Morgan fingerprint density at radius 3 is 2.46 bits per heavy atom. The van der Waals surface area contributed by atoms with Crippen molar-refractivity contribution in [3.05, 3.63) is 48.6 Å². The summed E-state index contributed by atoms with van der Waals surface area (Å²) in [4.78, 5) is 14.8. The van der Waals surface area contributed by atoms with Crippen molar-refractivity contribution in [3.63, 3.8) is 0 Å². The lowest BCUT2D eigenvalue weighted by atomic mass is 10.2. The molecule has 0 aliphatic rings. The molecule has 0 aliphatic carbocycles. The molecule has 0 aromatic heterocycles. The molecule has 0 fully saturated rings. The van der Waals surface area contributed by atoms with Gasteiger partial charge in [0.2, 0.25) is 0 Å². The van der Waals surface area contributed by atoms with Gasteiger partial charge in [-0.1, -0.05) is 68.4 Å². The molecule has 0 aromatic rings. The van der Waals surface area contributed by atoms with E-state index in [1.165, 1.54) is 19.3 Å². The minimum Gasteiger partial charge on any atom is -0.481 e. The third-order valence-electron chi connectivity index (χ3n) is 3.42. The van der Waals surface area contributed by atoms with Crippen LogP contribution in [0.1, 0.15) is 64.7 Å². The third-order valence-corrected chi connectivity index (χ3v) is 3.42. The summed E-state index contributed by atoms with van der Waals surface area (Å²) >= 11 is 0. The minimum absolute atomic E-state index is 0.217. The average molecular weight is 336 g/mol. The monoisotopic (exact) mass is 336 g/mol. The van der Waals surface area contributed by atoms with Gasteiger partial charge in [0.15, 0.2) is 0 Å². The van der Waals surface area contributed by atoms with E-state index in [4.69, 9.17) is 10.4 Å². The lowest BCUT2D eigenvalue weighted by Gasteiger charge is -2.03. The summed E-state index contributed by atoms with van der Waals surface area (Å²) in [7, 11) is 0. The maximum absolute atomic E-state index is 10.3. The molecule has 0 unspecified atom stereocenters. The van der Waals surface area contributed by atoms with Crippen molar-refractivity contribution < 1.29 is 20.0 Å². The number of carboxylic acid groups (broad SMARTS) is 1. The fourth-order valence-electron chi connectivity index (χ4n) is 2.02. The van der Waals surface area contributed by atoms with Crippen molar-refractivity contribution in [1.29, 1.82) is 0 Å².